The van der Waals surface area contributed by atoms with E-state index in [1.165, 1.54) is 27.5 Å². The quantitative estimate of drug-likeness (QED) is 0.161. The van der Waals surface area contributed by atoms with Crippen LogP contribution in [0.15, 0.2) is 233 Å². The largest absolute Gasteiger partial charge is 0.456 e. The average Bonchev–Trinajstić information content (AvgIpc) is 3.90. The summed E-state index contributed by atoms with van der Waals surface area (Å²) in [5.41, 5.74) is 16.0. The minimum atomic E-state index is 0.881. The second-order valence-corrected chi connectivity index (χ2v) is 15.6. The average molecular weight is 780 g/mol. The number of anilines is 3. The molecule has 0 spiro atoms. The zero-order chi connectivity index (χ0) is 40.3. The molecule has 2 aromatic heterocycles. The van der Waals surface area contributed by atoms with E-state index in [0.717, 1.165) is 88.8 Å². The van der Waals surface area contributed by atoms with Gasteiger partial charge in [0.05, 0.1) is 11.4 Å². The van der Waals surface area contributed by atoms with E-state index in [-0.39, 0.29) is 0 Å². The Morgan fingerprint density at radius 3 is 1.46 bits per heavy atom. The molecule has 0 N–H and O–H groups in total. The Bertz CT molecular complexity index is 3590. The van der Waals surface area contributed by atoms with Crippen LogP contribution in [-0.4, -0.2) is 0 Å². The molecule has 3 heteroatoms. The summed E-state index contributed by atoms with van der Waals surface area (Å²) in [7, 11) is 0. The molecule has 286 valence electrons. The zero-order valence-corrected chi connectivity index (χ0v) is 33.1. The van der Waals surface area contributed by atoms with Gasteiger partial charge in [0.25, 0.3) is 0 Å². The van der Waals surface area contributed by atoms with Gasteiger partial charge in [-0.3, -0.25) is 0 Å². The van der Waals surface area contributed by atoms with Crippen LogP contribution in [0.5, 0.6) is 0 Å². The minimum Gasteiger partial charge on any atom is -0.456 e. The molecule has 0 amide bonds. The number of hydrogen-bond donors (Lipinski definition) is 0. The summed E-state index contributed by atoms with van der Waals surface area (Å²) >= 11 is 0. The van der Waals surface area contributed by atoms with Crippen LogP contribution in [0.1, 0.15) is 0 Å². The van der Waals surface area contributed by atoms with E-state index in [1.54, 1.807) is 0 Å². The van der Waals surface area contributed by atoms with E-state index in [1.807, 2.05) is 24.3 Å². The number of fused-ring (bicyclic) bond motifs is 7. The van der Waals surface area contributed by atoms with Crippen molar-refractivity contribution < 1.29 is 8.83 Å². The van der Waals surface area contributed by atoms with E-state index >= 15 is 0 Å². The smallest absolute Gasteiger partial charge is 0.135 e. The lowest BCUT2D eigenvalue weighted by Crippen LogP contribution is -2.12. The molecule has 12 aromatic rings. The molecule has 2 heterocycles. The molecule has 12 rings (SSSR count). The first-order chi connectivity index (χ1) is 30.2. The van der Waals surface area contributed by atoms with E-state index in [2.05, 4.69) is 205 Å². The van der Waals surface area contributed by atoms with Gasteiger partial charge in [-0.15, -0.1) is 0 Å². The molecule has 0 aliphatic carbocycles. The summed E-state index contributed by atoms with van der Waals surface area (Å²) < 4.78 is 12.4. The van der Waals surface area contributed by atoms with Gasteiger partial charge in [-0.1, -0.05) is 164 Å². The van der Waals surface area contributed by atoms with Crippen LogP contribution in [-0.2, 0) is 0 Å². The number of benzene rings is 10. The summed E-state index contributed by atoms with van der Waals surface area (Å²) in [6.07, 6.45) is 0. The molecular weight excluding hydrogens is 743 g/mol. The van der Waals surface area contributed by atoms with Gasteiger partial charge in [-0.25, -0.2) is 0 Å². The highest BCUT2D eigenvalue weighted by atomic mass is 16.3. The van der Waals surface area contributed by atoms with Crippen molar-refractivity contribution in [3.05, 3.63) is 224 Å². The first-order valence-electron chi connectivity index (χ1n) is 20.7. The maximum atomic E-state index is 6.27. The van der Waals surface area contributed by atoms with E-state index in [0.29, 0.717) is 0 Å². The van der Waals surface area contributed by atoms with Crippen LogP contribution in [0.25, 0.3) is 99.2 Å². The third-order valence-electron chi connectivity index (χ3n) is 12.1. The van der Waals surface area contributed by atoms with Crippen LogP contribution in [0, 0.1) is 0 Å². The summed E-state index contributed by atoms with van der Waals surface area (Å²) in [5.74, 6) is 0. The molecule has 0 atom stereocenters. The highest BCUT2D eigenvalue weighted by Gasteiger charge is 2.23. The van der Waals surface area contributed by atoms with Crippen LogP contribution in [0.2, 0.25) is 0 Å². The number of rotatable bonds is 7. The molecule has 0 unspecified atom stereocenters. The van der Waals surface area contributed by atoms with Gasteiger partial charge in [0.1, 0.15) is 22.3 Å². The Morgan fingerprint density at radius 2 is 0.770 bits per heavy atom. The monoisotopic (exact) mass is 779 g/mol. The van der Waals surface area contributed by atoms with E-state index in [4.69, 9.17) is 8.83 Å². The van der Waals surface area contributed by atoms with Crippen LogP contribution < -0.4 is 4.90 Å². The Hall–Kier alpha value is -8.14. The number of hydrogen-bond acceptors (Lipinski definition) is 3. The number of para-hydroxylation sites is 4. The summed E-state index contributed by atoms with van der Waals surface area (Å²) in [4.78, 5) is 2.43. The van der Waals surface area contributed by atoms with Gasteiger partial charge in [0.2, 0.25) is 0 Å². The molecule has 10 aromatic carbocycles. The van der Waals surface area contributed by atoms with Crippen LogP contribution in [0.3, 0.4) is 0 Å². The summed E-state index contributed by atoms with van der Waals surface area (Å²) in [6, 6.07) is 80.2. The lowest BCUT2D eigenvalue weighted by atomic mass is 9.90. The molecule has 0 aliphatic heterocycles. The third kappa shape index (κ3) is 5.90. The lowest BCUT2D eigenvalue weighted by Gasteiger charge is -2.30. The molecule has 0 saturated heterocycles. The standard InChI is InChI=1S/C58H37NO2/c1-2-14-39(15-3-1)45-22-12-16-40-17-13-23-49(58(40)45)46-19-5-9-25-53(46)59(43-32-28-38(29-33-43)41-30-34-56-50(36-41)47-20-6-10-26-54(47)60-56)52-24-8-4-18-44(52)42-31-35-57-51(37-42)48-21-7-11-27-55(48)61-57/h1-37H. The van der Waals surface area contributed by atoms with Crippen molar-refractivity contribution in [3.8, 4) is 44.5 Å². The Balaban J connectivity index is 1.07. The van der Waals surface area contributed by atoms with Crippen molar-refractivity contribution in [2.45, 2.75) is 0 Å². The first-order valence-corrected chi connectivity index (χ1v) is 20.7. The fourth-order valence-corrected chi connectivity index (χ4v) is 9.24. The summed E-state index contributed by atoms with van der Waals surface area (Å²) in [5, 5.41) is 6.89. The van der Waals surface area contributed by atoms with Crippen molar-refractivity contribution in [2.24, 2.45) is 0 Å². The Kier molecular flexibility index (Phi) is 8.17. The minimum absolute atomic E-state index is 0.881. The van der Waals surface area contributed by atoms with Gasteiger partial charge < -0.3 is 13.7 Å². The second kappa shape index (κ2) is 14.3. The van der Waals surface area contributed by atoms with E-state index < -0.39 is 0 Å². The van der Waals surface area contributed by atoms with Crippen LogP contribution in [0.4, 0.5) is 17.1 Å². The molecular formula is C58H37NO2. The van der Waals surface area contributed by atoms with Crippen molar-refractivity contribution in [3.63, 3.8) is 0 Å². The van der Waals surface area contributed by atoms with Crippen molar-refractivity contribution in [1.82, 2.24) is 0 Å². The molecule has 61 heavy (non-hydrogen) atoms. The third-order valence-corrected chi connectivity index (χ3v) is 12.1. The number of nitrogens with zero attached hydrogens (tertiary/aromatic N) is 1. The van der Waals surface area contributed by atoms with Gasteiger partial charge in [0.15, 0.2) is 0 Å². The highest BCUT2D eigenvalue weighted by Crippen LogP contribution is 2.48. The fraction of sp³-hybridized carbons (Fsp3) is 0. The molecule has 0 radical (unpaired) electrons. The first kappa shape index (κ1) is 34.9. The predicted molar refractivity (Wildman–Crippen MR) is 255 cm³/mol. The molecule has 0 bridgehead atoms. The lowest BCUT2D eigenvalue weighted by molar-refractivity contribution is 0.668. The normalized spacial score (nSPS) is 11.6. The zero-order valence-electron chi connectivity index (χ0n) is 33.1. The fourth-order valence-electron chi connectivity index (χ4n) is 9.24. The molecule has 3 nitrogen and oxygen atoms in total. The van der Waals surface area contributed by atoms with Gasteiger partial charge in [-0.2, -0.15) is 0 Å². The molecule has 0 aliphatic rings. The van der Waals surface area contributed by atoms with Crippen molar-refractivity contribution in [1.29, 1.82) is 0 Å². The van der Waals surface area contributed by atoms with Gasteiger partial charge >= 0.3 is 0 Å². The second-order valence-electron chi connectivity index (χ2n) is 15.6. The topological polar surface area (TPSA) is 29.5 Å². The van der Waals surface area contributed by atoms with Gasteiger partial charge in [-0.05, 0) is 105 Å². The SMILES string of the molecule is c1ccc(-c2cccc3cccc(-c4ccccc4N(c4ccc(-c5ccc6oc7ccccc7c6c5)cc4)c4ccccc4-c4ccc5oc6ccccc6c5c4)c23)cc1. The summed E-state index contributed by atoms with van der Waals surface area (Å²) in [6.45, 7) is 0. The van der Waals surface area contributed by atoms with E-state index in [9.17, 15) is 0 Å². The molecule has 0 saturated carbocycles. The maximum absolute atomic E-state index is 6.27. The van der Waals surface area contributed by atoms with Crippen molar-refractivity contribution in [2.75, 3.05) is 4.90 Å². The molecule has 0 fully saturated rings. The maximum Gasteiger partial charge on any atom is 0.135 e. The Morgan fingerprint density at radius 1 is 0.279 bits per heavy atom. The van der Waals surface area contributed by atoms with Gasteiger partial charge in [0, 0.05) is 38.4 Å². The van der Waals surface area contributed by atoms with Crippen molar-refractivity contribution >= 4 is 71.7 Å². The number of furan rings is 2. The predicted octanol–water partition coefficient (Wildman–Crippen LogP) is 16.8. The Labute approximate surface area is 353 Å². The van der Waals surface area contributed by atoms with Crippen LogP contribution >= 0.6 is 0 Å². The highest BCUT2D eigenvalue weighted by molar-refractivity contribution is 6.10.